The van der Waals surface area contributed by atoms with Crippen LogP contribution >= 0.6 is 0 Å². The first-order valence-electron chi connectivity index (χ1n) is 4.65. The van der Waals surface area contributed by atoms with Crippen LogP contribution in [0.3, 0.4) is 0 Å². The van der Waals surface area contributed by atoms with E-state index in [1.165, 1.54) is 6.07 Å². The van der Waals surface area contributed by atoms with E-state index in [1.807, 2.05) is 6.07 Å². The summed E-state index contributed by atoms with van der Waals surface area (Å²) in [4.78, 5) is 0. The van der Waals surface area contributed by atoms with Crippen LogP contribution in [0.5, 0.6) is 0 Å². The van der Waals surface area contributed by atoms with E-state index in [4.69, 9.17) is 16.0 Å². The van der Waals surface area contributed by atoms with Crippen molar-refractivity contribution in [3.8, 4) is 12.1 Å². The smallest absolute Gasteiger partial charge is 0.0621 e. The van der Waals surface area contributed by atoms with Crippen molar-refractivity contribution in [2.24, 2.45) is 0 Å². The Morgan fingerprint density at radius 2 is 2.00 bits per heavy atom. The first-order valence-corrected chi connectivity index (χ1v) is 2.65. The van der Waals surface area contributed by atoms with E-state index in [1.54, 1.807) is 0 Å². The quantitative estimate of drug-likeness (QED) is 0.541. The van der Waals surface area contributed by atoms with Crippen LogP contribution in [0.1, 0.15) is 37.5 Å². The zero-order valence-corrected chi connectivity index (χ0v) is 5.02. The number of nitrogens with zero attached hydrogens (tertiary/aromatic N) is 2. The Bertz CT molecular complexity index is 248. The third-order valence-electron chi connectivity index (χ3n) is 0.735. The summed E-state index contributed by atoms with van der Waals surface area (Å²) in [7, 11) is 0. The van der Waals surface area contributed by atoms with Crippen molar-refractivity contribution in [2.45, 2.75) is 32.0 Å². The van der Waals surface area contributed by atoms with E-state index in [-0.39, 0.29) is 19.3 Å². The minimum absolute atomic E-state index is 0.110. The van der Waals surface area contributed by atoms with E-state index >= 15 is 0 Å². The molecular formula is C7H10N2. The molecule has 0 aliphatic carbocycles. The molecule has 0 saturated heterocycles. The average molecular weight is 126 g/mol. The summed E-state index contributed by atoms with van der Waals surface area (Å²) in [5.41, 5.74) is 0. The maximum Gasteiger partial charge on any atom is 0.0621 e. The van der Waals surface area contributed by atoms with Crippen molar-refractivity contribution < 1.29 is 5.48 Å². The van der Waals surface area contributed by atoms with E-state index < -0.39 is 12.7 Å². The maximum absolute atomic E-state index is 8.36. The number of unbranched alkanes of at least 4 members (excludes halogenated alkanes) is 1. The Balaban J connectivity index is 4.26. The monoisotopic (exact) mass is 126 g/mol. The molecule has 0 aliphatic heterocycles. The largest absolute Gasteiger partial charge is 0.198 e. The van der Waals surface area contributed by atoms with Crippen LogP contribution in [0.2, 0.25) is 0 Å². The molecule has 0 saturated carbocycles. The first kappa shape index (κ1) is 3.22. The molecule has 0 N–H and O–H groups in total. The summed E-state index contributed by atoms with van der Waals surface area (Å²) in [5, 5.41) is 16.5. The van der Waals surface area contributed by atoms with Gasteiger partial charge in [0, 0.05) is 18.3 Å². The van der Waals surface area contributed by atoms with Crippen LogP contribution in [-0.2, 0) is 0 Å². The highest BCUT2D eigenvalue weighted by Gasteiger charge is 1.85. The molecule has 9 heavy (non-hydrogen) atoms. The predicted octanol–water partition coefficient (Wildman–Crippen LogP) is 1.98. The molecule has 0 bridgehead atoms. The maximum atomic E-state index is 8.36. The number of rotatable bonds is 4. The summed E-state index contributed by atoms with van der Waals surface area (Å²) in [6.07, 6.45) is -4.33. The molecule has 2 nitrogen and oxygen atoms in total. The van der Waals surface area contributed by atoms with Gasteiger partial charge in [-0.15, -0.1) is 0 Å². The molecule has 0 unspecified atom stereocenters. The minimum atomic E-state index is -2.48. The Labute approximate surface area is 61.3 Å². The fourth-order valence-corrected chi connectivity index (χ4v) is 0.358. The van der Waals surface area contributed by atoms with Gasteiger partial charge in [-0.1, -0.05) is 6.42 Å². The van der Waals surface area contributed by atoms with Crippen LogP contribution in [0.15, 0.2) is 0 Å². The van der Waals surface area contributed by atoms with Gasteiger partial charge in [-0.05, 0) is 12.8 Å². The molecule has 2 heteroatoms. The van der Waals surface area contributed by atoms with Crippen molar-refractivity contribution >= 4 is 0 Å². The van der Waals surface area contributed by atoms with Crippen LogP contribution in [-0.4, -0.2) is 0 Å². The number of nitriles is 2. The zero-order valence-electron chi connectivity index (χ0n) is 9.02. The van der Waals surface area contributed by atoms with Gasteiger partial charge in [0.25, 0.3) is 0 Å². The van der Waals surface area contributed by atoms with Crippen molar-refractivity contribution in [1.29, 1.82) is 10.5 Å². The van der Waals surface area contributed by atoms with Gasteiger partial charge in [0.05, 0.1) is 12.1 Å². The fraction of sp³-hybridized carbons (Fsp3) is 0.714. The fourth-order valence-electron chi connectivity index (χ4n) is 0.358. The summed E-state index contributed by atoms with van der Waals surface area (Å²) in [6, 6.07) is 3.12. The SMILES string of the molecule is [2H]C([2H])(C#N)C([2H])([2H])CCCC#N. The van der Waals surface area contributed by atoms with Gasteiger partial charge in [0.2, 0.25) is 0 Å². The Kier molecular flexibility index (Phi) is 2.50. The highest BCUT2D eigenvalue weighted by molar-refractivity contribution is 4.71. The normalized spacial score (nSPS) is 17.6. The molecule has 0 heterocycles. The van der Waals surface area contributed by atoms with Gasteiger partial charge in [0.1, 0.15) is 0 Å². The van der Waals surface area contributed by atoms with Crippen molar-refractivity contribution in [2.75, 3.05) is 0 Å². The molecule has 0 amide bonds. The average Bonchev–Trinajstić information content (AvgIpc) is 2.04. The first-order chi connectivity index (χ1) is 5.87. The summed E-state index contributed by atoms with van der Waals surface area (Å²) in [5.74, 6) is 0. The molecule has 0 spiro atoms. The number of hydrogen-bond donors (Lipinski definition) is 0. The van der Waals surface area contributed by atoms with E-state index in [0.29, 0.717) is 0 Å². The second-order valence-corrected chi connectivity index (χ2v) is 1.43. The molecule has 48 valence electrons. The summed E-state index contributed by atoms with van der Waals surface area (Å²) < 4.78 is 28.7. The van der Waals surface area contributed by atoms with Crippen molar-refractivity contribution in [3.63, 3.8) is 0 Å². The third kappa shape index (κ3) is 6.98. The van der Waals surface area contributed by atoms with Crippen molar-refractivity contribution in [1.82, 2.24) is 0 Å². The van der Waals surface area contributed by atoms with Gasteiger partial charge >= 0.3 is 0 Å². The van der Waals surface area contributed by atoms with Gasteiger partial charge in [-0.25, -0.2) is 0 Å². The Hall–Kier alpha value is -1.02. The summed E-state index contributed by atoms with van der Waals surface area (Å²) in [6.45, 7) is 0. The summed E-state index contributed by atoms with van der Waals surface area (Å²) >= 11 is 0. The Morgan fingerprint density at radius 1 is 1.22 bits per heavy atom. The molecular weight excluding hydrogens is 112 g/mol. The second-order valence-electron chi connectivity index (χ2n) is 1.43. The minimum Gasteiger partial charge on any atom is -0.198 e. The van der Waals surface area contributed by atoms with Crippen molar-refractivity contribution in [3.05, 3.63) is 0 Å². The lowest BCUT2D eigenvalue weighted by Gasteiger charge is -1.88. The molecule has 0 aliphatic rings. The van der Waals surface area contributed by atoms with Crippen LogP contribution < -0.4 is 0 Å². The van der Waals surface area contributed by atoms with Gasteiger partial charge in [0.15, 0.2) is 0 Å². The van der Waals surface area contributed by atoms with Crippen LogP contribution in [0.4, 0.5) is 0 Å². The lowest BCUT2D eigenvalue weighted by molar-refractivity contribution is 0.704. The number of hydrogen-bond acceptors (Lipinski definition) is 2. The predicted molar refractivity (Wildman–Crippen MR) is 34.3 cm³/mol. The van der Waals surface area contributed by atoms with E-state index in [2.05, 4.69) is 0 Å². The zero-order chi connectivity index (χ0) is 10.5. The van der Waals surface area contributed by atoms with Gasteiger partial charge in [-0.3, -0.25) is 0 Å². The molecule has 0 aromatic heterocycles. The Morgan fingerprint density at radius 3 is 2.56 bits per heavy atom. The standard InChI is InChI=1S/C7H10N2/c8-6-4-2-1-3-5-7-9/h1-5H2/i2D2,4D2. The molecule has 0 atom stereocenters. The molecule has 0 aromatic rings. The van der Waals surface area contributed by atoms with Gasteiger partial charge < -0.3 is 0 Å². The molecule has 0 fully saturated rings. The van der Waals surface area contributed by atoms with E-state index in [0.717, 1.165) is 0 Å². The molecule has 0 aromatic carbocycles. The van der Waals surface area contributed by atoms with Crippen LogP contribution in [0, 0.1) is 22.7 Å². The van der Waals surface area contributed by atoms with Gasteiger partial charge in [-0.2, -0.15) is 10.5 Å². The topological polar surface area (TPSA) is 47.6 Å². The molecule has 0 rings (SSSR count). The second kappa shape index (κ2) is 6.98. The van der Waals surface area contributed by atoms with E-state index in [9.17, 15) is 0 Å². The molecule has 0 radical (unpaired) electrons. The highest BCUT2D eigenvalue weighted by Crippen LogP contribution is 2.00. The lowest BCUT2D eigenvalue weighted by atomic mass is 10.2. The third-order valence-corrected chi connectivity index (χ3v) is 0.735. The highest BCUT2D eigenvalue weighted by atomic mass is 14.2. The van der Waals surface area contributed by atoms with Crippen LogP contribution in [0.25, 0.3) is 0 Å². The lowest BCUT2D eigenvalue weighted by Crippen LogP contribution is -1.73.